The van der Waals surface area contributed by atoms with Gasteiger partial charge in [-0.05, 0) is 31.5 Å². The second-order valence-electron chi connectivity index (χ2n) is 2.73. The van der Waals surface area contributed by atoms with Crippen LogP contribution >= 0.6 is 0 Å². The third-order valence-electron chi connectivity index (χ3n) is 1.66. The molecule has 11 heavy (non-hydrogen) atoms. The fourth-order valence-corrected chi connectivity index (χ4v) is 1.11. The summed E-state index contributed by atoms with van der Waals surface area (Å²) in [5, 5.41) is 6.88. The number of aryl methyl sites for hydroxylation is 2. The van der Waals surface area contributed by atoms with Crippen LogP contribution in [0.3, 0.4) is 0 Å². The van der Waals surface area contributed by atoms with E-state index in [1.165, 1.54) is 17.3 Å². The first-order valence-electron chi connectivity index (χ1n) is 3.87. The fourth-order valence-electron chi connectivity index (χ4n) is 1.11. The van der Waals surface area contributed by atoms with Crippen molar-refractivity contribution in [3.63, 3.8) is 0 Å². The third kappa shape index (κ3) is 2.54. The van der Waals surface area contributed by atoms with Gasteiger partial charge in [-0.3, -0.25) is 0 Å². The van der Waals surface area contributed by atoms with E-state index in [-0.39, 0.29) is 0 Å². The average molecular weight is 147 g/mol. The van der Waals surface area contributed by atoms with Gasteiger partial charge in [0.25, 0.3) is 0 Å². The van der Waals surface area contributed by atoms with Crippen LogP contribution in [0.4, 0.5) is 0 Å². The Balaban J connectivity index is 2.63. The Labute approximate surface area is 67.6 Å². The molecule has 1 aromatic rings. The van der Waals surface area contributed by atoms with Gasteiger partial charge in [0.15, 0.2) is 0 Å². The van der Waals surface area contributed by atoms with E-state index in [0.29, 0.717) is 0 Å². The van der Waals surface area contributed by atoms with Crippen molar-refractivity contribution in [1.29, 1.82) is 5.41 Å². The van der Waals surface area contributed by atoms with Gasteiger partial charge >= 0.3 is 0 Å². The van der Waals surface area contributed by atoms with Crippen molar-refractivity contribution < 1.29 is 0 Å². The van der Waals surface area contributed by atoms with Crippen molar-refractivity contribution in [2.45, 2.75) is 19.8 Å². The smallest absolute Gasteiger partial charge is 0.00444 e. The monoisotopic (exact) mass is 147 g/mol. The summed E-state index contributed by atoms with van der Waals surface area (Å²) in [7, 11) is 0. The van der Waals surface area contributed by atoms with E-state index >= 15 is 0 Å². The summed E-state index contributed by atoms with van der Waals surface area (Å²) in [6.07, 6.45) is 3.30. The van der Waals surface area contributed by atoms with Gasteiger partial charge in [-0.2, -0.15) is 0 Å². The summed E-state index contributed by atoms with van der Waals surface area (Å²) >= 11 is 0. The molecule has 0 saturated heterocycles. The van der Waals surface area contributed by atoms with E-state index in [1.807, 2.05) is 0 Å². The minimum Gasteiger partial charge on any atom is -0.313 e. The summed E-state index contributed by atoms with van der Waals surface area (Å²) in [5.41, 5.74) is 2.63. The van der Waals surface area contributed by atoms with Gasteiger partial charge in [0.1, 0.15) is 0 Å². The molecular weight excluding hydrogens is 134 g/mol. The second-order valence-corrected chi connectivity index (χ2v) is 2.73. The summed E-state index contributed by atoms with van der Waals surface area (Å²) in [5.74, 6) is 0. The first-order valence-corrected chi connectivity index (χ1v) is 3.87. The summed E-state index contributed by atoms with van der Waals surface area (Å²) in [6.45, 7) is 2.09. The van der Waals surface area contributed by atoms with Crippen molar-refractivity contribution >= 4 is 6.21 Å². The van der Waals surface area contributed by atoms with Gasteiger partial charge in [-0.25, -0.2) is 0 Å². The Bertz CT molecular complexity index is 240. The lowest BCUT2D eigenvalue weighted by Gasteiger charge is -1.98. The predicted molar refractivity (Wildman–Crippen MR) is 48.3 cm³/mol. The maximum Gasteiger partial charge on any atom is -0.00444 e. The second kappa shape index (κ2) is 3.91. The third-order valence-corrected chi connectivity index (χ3v) is 1.66. The van der Waals surface area contributed by atoms with E-state index in [0.717, 1.165) is 12.8 Å². The average Bonchev–Trinajstić information content (AvgIpc) is 2.01. The van der Waals surface area contributed by atoms with Crippen LogP contribution in [0.25, 0.3) is 0 Å². The van der Waals surface area contributed by atoms with Crippen molar-refractivity contribution in [2.75, 3.05) is 0 Å². The van der Waals surface area contributed by atoms with Crippen LogP contribution in [0, 0.1) is 12.3 Å². The standard InChI is InChI=1S/C10H13N/c1-9-4-2-5-10(8-9)6-3-7-11/h2,4-5,7-8,11H,3,6H2,1H3. The lowest BCUT2D eigenvalue weighted by atomic mass is 10.1. The minimum absolute atomic E-state index is 0.851. The van der Waals surface area contributed by atoms with Crippen molar-refractivity contribution in [2.24, 2.45) is 0 Å². The zero-order valence-electron chi connectivity index (χ0n) is 6.80. The SMILES string of the molecule is Cc1cccc(CCC=N)c1. The van der Waals surface area contributed by atoms with Gasteiger partial charge in [-0.1, -0.05) is 29.8 Å². The number of hydrogen-bond acceptors (Lipinski definition) is 1. The van der Waals surface area contributed by atoms with Gasteiger partial charge in [0, 0.05) is 0 Å². The molecule has 1 aromatic carbocycles. The molecule has 0 bridgehead atoms. The van der Waals surface area contributed by atoms with Crippen LogP contribution in [0.15, 0.2) is 24.3 Å². The Morgan fingerprint density at radius 3 is 2.91 bits per heavy atom. The molecule has 0 aliphatic rings. The van der Waals surface area contributed by atoms with Gasteiger partial charge in [0.2, 0.25) is 0 Å². The maximum atomic E-state index is 6.88. The normalized spacial score (nSPS) is 9.55. The number of benzene rings is 1. The molecule has 0 spiro atoms. The van der Waals surface area contributed by atoms with E-state index in [4.69, 9.17) is 5.41 Å². The predicted octanol–water partition coefficient (Wildman–Crippen LogP) is 2.58. The van der Waals surface area contributed by atoms with Crippen molar-refractivity contribution in [3.8, 4) is 0 Å². The molecule has 0 atom stereocenters. The topological polar surface area (TPSA) is 23.9 Å². The molecule has 0 aromatic heterocycles. The zero-order valence-corrected chi connectivity index (χ0v) is 6.80. The molecule has 0 heterocycles. The van der Waals surface area contributed by atoms with Gasteiger partial charge < -0.3 is 5.41 Å². The summed E-state index contributed by atoms with van der Waals surface area (Å²) in [4.78, 5) is 0. The Morgan fingerprint density at radius 1 is 1.45 bits per heavy atom. The van der Waals surface area contributed by atoms with Gasteiger partial charge in [0.05, 0.1) is 0 Å². The van der Waals surface area contributed by atoms with E-state index in [2.05, 4.69) is 31.2 Å². The Hall–Kier alpha value is -1.11. The molecule has 0 amide bonds. The van der Waals surface area contributed by atoms with Gasteiger partial charge in [-0.15, -0.1) is 0 Å². The summed E-state index contributed by atoms with van der Waals surface area (Å²) in [6, 6.07) is 8.43. The molecule has 0 unspecified atom stereocenters. The Kier molecular flexibility index (Phi) is 2.84. The molecule has 1 N–H and O–H groups in total. The van der Waals surface area contributed by atoms with Crippen molar-refractivity contribution in [1.82, 2.24) is 0 Å². The largest absolute Gasteiger partial charge is 0.313 e. The number of hydrogen-bond donors (Lipinski definition) is 1. The van der Waals surface area contributed by atoms with Crippen LogP contribution in [0.2, 0.25) is 0 Å². The minimum atomic E-state index is 0.851. The highest BCUT2D eigenvalue weighted by molar-refractivity contribution is 5.53. The molecular formula is C10H13N. The van der Waals surface area contributed by atoms with Crippen LogP contribution in [-0.4, -0.2) is 6.21 Å². The molecule has 0 aliphatic carbocycles. The first kappa shape index (κ1) is 7.99. The fraction of sp³-hybridized carbons (Fsp3) is 0.300. The molecule has 0 aliphatic heterocycles. The zero-order chi connectivity index (χ0) is 8.10. The molecule has 0 fully saturated rings. The highest BCUT2D eigenvalue weighted by Gasteiger charge is 1.90. The molecule has 0 saturated carbocycles. The molecule has 58 valence electrons. The van der Waals surface area contributed by atoms with Crippen LogP contribution in [0.1, 0.15) is 17.5 Å². The van der Waals surface area contributed by atoms with E-state index in [1.54, 1.807) is 0 Å². The highest BCUT2D eigenvalue weighted by atomic mass is 14.3. The number of nitrogens with one attached hydrogen (secondary N) is 1. The molecule has 0 radical (unpaired) electrons. The Morgan fingerprint density at radius 2 is 2.27 bits per heavy atom. The summed E-state index contributed by atoms with van der Waals surface area (Å²) < 4.78 is 0. The lowest BCUT2D eigenvalue weighted by molar-refractivity contribution is 1.05. The first-order chi connectivity index (χ1) is 5.33. The number of rotatable bonds is 3. The van der Waals surface area contributed by atoms with Crippen molar-refractivity contribution in [3.05, 3.63) is 35.4 Å². The lowest BCUT2D eigenvalue weighted by Crippen LogP contribution is -1.85. The molecule has 1 heteroatoms. The van der Waals surface area contributed by atoms with Crippen LogP contribution in [0.5, 0.6) is 0 Å². The molecule has 1 nitrogen and oxygen atoms in total. The molecule has 1 rings (SSSR count). The van der Waals surface area contributed by atoms with Crippen LogP contribution in [-0.2, 0) is 6.42 Å². The highest BCUT2D eigenvalue weighted by Crippen LogP contribution is 2.05. The van der Waals surface area contributed by atoms with E-state index < -0.39 is 0 Å². The maximum absolute atomic E-state index is 6.88. The quantitative estimate of drug-likeness (QED) is 0.635. The van der Waals surface area contributed by atoms with Crippen LogP contribution < -0.4 is 0 Å². The van der Waals surface area contributed by atoms with E-state index in [9.17, 15) is 0 Å².